The first-order chi connectivity index (χ1) is 9.81. The van der Waals surface area contributed by atoms with Crippen LogP contribution >= 0.6 is 11.6 Å². The minimum atomic E-state index is -4.63. The van der Waals surface area contributed by atoms with E-state index in [2.05, 4.69) is 0 Å². The highest BCUT2D eigenvalue weighted by molar-refractivity contribution is 6.30. The normalized spacial score (nSPS) is 11.3. The fourth-order valence-electron chi connectivity index (χ4n) is 1.76. The van der Waals surface area contributed by atoms with E-state index in [0.29, 0.717) is 10.8 Å². The number of benzene rings is 2. The van der Waals surface area contributed by atoms with E-state index >= 15 is 0 Å². The van der Waals surface area contributed by atoms with E-state index in [9.17, 15) is 18.0 Å². The summed E-state index contributed by atoms with van der Waals surface area (Å²) in [5, 5.41) is 0.413. The highest BCUT2D eigenvalue weighted by Gasteiger charge is 2.33. The highest BCUT2D eigenvalue weighted by Crippen LogP contribution is 2.35. The predicted octanol–water partition coefficient (Wildman–Crippen LogP) is 5.27. The SMILES string of the molecule is Cc1ccc(Cl)cc1Oc1ccc(C=O)c(C(F)(F)F)c1. The summed E-state index contributed by atoms with van der Waals surface area (Å²) < 4.78 is 44.0. The van der Waals surface area contributed by atoms with Gasteiger partial charge in [-0.1, -0.05) is 17.7 Å². The zero-order valence-corrected chi connectivity index (χ0v) is 11.6. The van der Waals surface area contributed by atoms with E-state index < -0.39 is 17.3 Å². The maximum Gasteiger partial charge on any atom is 0.417 e. The molecule has 0 heterocycles. The molecule has 0 unspecified atom stereocenters. The number of carbonyl (C=O) groups excluding carboxylic acids is 1. The second-order valence-corrected chi connectivity index (χ2v) is 4.81. The molecule has 0 spiro atoms. The van der Waals surface area contributed by atoms with Gasteiger partial charge in [0.1, 0.15) is 11.5 Å². The largest absolute Gasteiger partial charge is 0.457 e. The van der Waals surface area contributed by atoms with Gasteiger partial charge < -0.3 is 4.74 Å². The van der Waals surface area contributed by atoms with E-state index in [-0.39, 0.29) is 12.0 Å². The molecule has 2 rings (SSSR count). The van der Waals surface area contributed by atoms with Gasteiger partial charge in [-0.2, -0.15) is 13.2 Å². The molecule has 0 aromatic heterocycles. The minimum absolute atomic E-state index is 0.0155. The third-order valence-corrected chi connectivity index (χ3v) is 3.07. The monoisotopic (exact) mass is 314 g/mol. The van der Waals surface area contributed by atoms with Crippen LogP contribution in [-0.2, 0) is 6.18 Å². The van der Waals surface area contributed by atoms with E-state index in [0.717, 1.165) is 17.7 Å². The van der Waals surface area contributed by atoms with Gasteiger partial charge in [0, 0.05) is 10.6 Å². The summed E-state index contributed by atoms with van der Waals surface area (Å²) >= 11 is 5.83. The van der Waals surface area contributed by atoms with Gasteiger partial charge in [-0.15, -0.1) is 0 Å². The molecule has 0 bridgehead atoms. The van der Waals surface area contributed by atoms with Gasteiger partial charge in [-0.25, -0.2) is 0 Å². The standard InChI is InChI=1S/C15H10ClF3O2/c1-9-2-4-11(16)6-14(9)21-12-5-3-10(8-20)13(7-12)15(17,18)19/h2-8H,1H3. The average molecular weight is 315 g/mol. The Balaban J connectivity index is 2.42. The molecule has 2 aromatic carbocycles. The number of rotatable bonds is 3. The smallest absolute Gasteiger partial charge is 0.417 e. The molecule has 0 N–H and O–H groups in total. The van der Waals surface area contributed by atoms with E-state index in [1.165, 1.54) is 12.1 Å². The van der Waals surface area contributed by atoms with Crippen LogP contribution in [0.4, 0.5) is 13.2 Å². The van der Waals surface area contributed by atoms with Crippen LogP contribution in [0.2, 0.25) is 5.02 Å². The van der Waals surface area contributed by atoms with Crippen molar-refractivity contribution in [2.45, 2.75) is 13.1 Å². The Morgan fingerprint density at radius 2 is 1.86 bits per heavy atom. The topological polar surface area (TPSA) is 26.3 Å². The van der Waals surface area contributed by atoms with Crippen LogP contribution in [0.15, 0.2) is 36.4 Å². The van der Waals surface area contributed by atoms with Crippen LogP contribution in [0.3, 0.4) is 0 Å². The number of halogens is 4. The lowest BCUT2D eigenvalue weighted by atomic mass is 10.1. The maximum absolute atomic E-state index is 12.9. The summed E-state index contributed by atoms with van der Waals surface area (Å²) in [6, 6.07) is 8.04. The summed E-state index contributed by atoms with van der Waals surface area (Å²) in [7, 11) is 0. The summed E-state index contributed by atoms with van der Waals surface area (Å²) in [4.78, 5) is 10.7. The van der Waals surface area contributed by atoms with Gasteiger partial charge in [-0.05, 0) is 42.8 Å². The van der Waals surface area contributed by atoms with Gasteiger partial charge in [0.2, 0.25) is 0 Å². The van der Waals surface area contributed by atoms with Crippen LogP contribution in [0.1, 0.15) is 21.5 Å². The Bertz CT molecular complexity index is 681. The Labute approximate surface area is 124 Å². The van der Waals surface area contributed by atoms with Gasteiger partial charge in [0.15, 0.2) is 6.29 Å². The van der Waals surface area contributed by atoms with E-state index in [4.69, 9.17) is 16.3 Å². The first-order valence-electron chi connectivity index (χ1n) is 5.91. The zero-order valence-electron chi connectivity index (χ0n) is 10.9. The molecule has 0 radical (unpaired) electrons. The van der Waals surface area contributed by atoms with Crippen molar-refractivity contribution in [2.75, 3.05) is 0 Å². The summed E-state index contributed by atoms with van der Waals surface area (Å²) in [6.45, 7) is 1.75. The Kier molecular flexibility index (Phi) is 4.23. The molecular weight excluding hydrogens is 305 g/mol. The van der Waals surface area contributed by atoms with E-state index in [1.807, 2.05) is 0 Å². The number of hydrogen-bond acceptors (Lipinski definition) is 2. The van der Waals surface area contributed by atoms with Crippen molar-refractivity contribution < 1.29 is 22.7 Å². The van der Waals surface area contributed by atoms with Gasteiger partial charge in [-0.3, -0.25) is 4.79 Å². The molecule has 0 fully saturated rings. The Morgan fingerprint density at radius 1 is 1.14 bits per heavy atom. The van der Waals surface area contributed by atoms with Crippen molar-refractivity contribution in [2.24, 2.45) is 0 Å². The first-order valence-corrected chi connectivity index (χ1v) is 6.29. The Hall–Kier alpha value is -2.01. The number of aryl methyl sites for hydroxylation is 1. The molecule has 6 heteroatoms. The van der Waals surface area contributed by atoms with Crippen LogP contribution in [0.25, 0.3) is 0 Å². The third kappa shape index (κ3) is 3.55. The first kappa shape index (κ1) is 15.4. The lowest BCUT2D eigenvalue weighted by Crippen LogP contribution is -2.09. The minimum Gasteiger partial charge on any atom is -0.457 e. The summed E-state index contributed by atoms with van der Waals surface area (Å²) in [6.07, 6.45) is -4.46. The number of carbonyl (C=O) groups is 1. The second-order valence-electron chi connectivity index (χ2n) is 4.38. The Morgan fingerprint density at radius 3 is 2.48 bits per heavy atom. The van der Waals surface area contributed by atoms with Gasteiger partial charge in [0.05, 0.1) is 5.56 Å². The highest BCUT2D eigenvalue weighted by atomic mass is 35.5. The van der Waals surface area contributed by atoms with Crippen LogP contribution in [-0.4, -0.2) is 6.29 Å². The molecule has 0 amide bonds. The molecule has 2 nitrogen and oxygen atoms in total. The van der Waals surface area contributed by atoms with E-state index in [1.54, 1.807) is 19.1 Å². The number of ether oxygens (including phenoxy) is 1. The second kappa shape index (κ2) is 5.77. The van der Waals surface area contributed by atoms with Gasteiger partial charge >= 0.3 is 6.18 Å². The van der Waals surface area contributed by atoms with Crippen molar-refractivity contribution in [3.05, 3.63) is 58.1 Å². The molecule has 2 aromatic rings. The lowest BCUT2D eigenvalue weighted by molar-refractivity contribution is -0.137. The summed E-state index contributed by atoms with van der Waals surface area (Å²) in [5.41, 5.74) is -0.736. The molecule has 0 aliphatic heterocycles. The van der Waals surface area contributed by atoms with Crippen LogP contribution in [0.5, 0.6) is 11.5 Å². The van der Waals surface area contributed by atoms with Crippen molar-refractivity contribution in [3.63, 3.8) is 0 Å². The molecular formula is C15H10ClF3O2. The van der Waals surface area contributed by atoms with Gasteiger partial charge in [0.25, 0.3) is 0 Å². The summed E-state index contributed by atoms with van der Waals surface area (Å²) in [5.74, 6) is 0.341. The number of alkyl halides is 3. The van der Waals surface area contributed by atoms with Crippen molar-refractivity contribution in [1.82, 2.24) is 0 Å². The van der Waals surface area contributed by atoms with Crippen molar-refractivity contribution >= 4 is 17.9 Å². The fourth-order valence-corrected chi connectivity index (χ4v) is 1.92. The molecule has 21 heavy (non-hydrogen) atoms. The van der Waals surface area contributed by atoms with Crippen LogP contribution in [0, 0.1) is 6.92 Å². The molecule has 0 aliphatic rings. The quantitative estimate of drug-likeness (QED) is 0.721. The fraction of sp³-hybridized carbons (Fsp3) is 0.133. The molecule has 0 atom stereocenters. The lowest BCUT2D eigenvalue weighted by Gasteiger charge is -2.13. The maximum atomic E-state index is 12.9. The average Bonchev–Trinajstić information content (AvgIpc) is 2.42. The molecule has 0 saturated heterocycles. The predicted molar refractivity (Wildman–Crippen MR) is 73.1 cm³/mol. The number of aldehydes is 1. The zero-order chi connectivity index (χ0) is 15.6. The van der Waals surface area contributed by atoms with Crippen molar-refractivity contribution in [1.29, 1.82) is 0 Å². The number of hydrogen-bond donors (Lipinski definition) is 0. The van der Waals surface area contributed by atoms with Crippen LogP contribution < -0.4 is 4.74 Å². The molecule has 110 valence electrons. The van der Waals surface area contributed by atoms with Crippen molar-refractivity contribution in [3.8, 4) is 11.5 Å². The molecule has 0 saturated carbocycles. The molecule has 0 aliphatic carbocycles. The third-order valence-electron chi connectivity index (χ3n) is 2.84.